The predicted octanol–water partition coefficient (Wildman–Crippen LogP) is -0.400. The molecule has 0 saturated carbocycles. The number of hydrogen-bond acceptors (Lipinski definition) is 4. The van der Waals surface area contributed by atoms with E-state index >= 15 is 0 Å². The van der Waals surface area contributed by atoms with E-state index < -0.39 is 6.10 Å². The molecule has 5 heteroatoms. The first-order valence-electron chi connectivity index (χ1n) is 4.55. The number of rotatable bonds is 2. The minimum atomic E-state index is -0.517. The SMILES string of the molecule is Cn1ncc(C(O)C2CCCN2)n1. The van der Waals surface area contributed by atoms with E-state index in [0.29, 0.717) is 5.69 Å². The second kappa shape index (κ2) is 3.43. The molecule has 2 unspecified atom stereocenters. The molecule has 72 valence electrons. The number of aliphatic hydroxyl groups is 1. The van der Waals surface area contributed by atoms with Crippen LogP contribution in [0.5, 0.6) is 0 Å². The van der Waals surface area contributed by atoms with Gasteiger partial charge in [-0.05, 0) is 19.4 Å². The Balaban J connectivity index is 2.07. The summed E-state index contributed by atoms with van der Waals surface area (Å²) in [4.78, 5) is 1.47. The van der Waals surface area contributed by atoms with E-state index in [1.54, 1.807) is 13.2 Å². The third-order valence-corrected chi connectivity index (χ3v) is 2.40. The maximum atomic E-state index is 9.86. The van der Waals surface area contributed by atoms with Crippen LogP contribution in [0, 0.1) is 0 Å². The Bertz CT molecular complexity index is 279. The lowest BCUT2D eigenvalue weighted by atomic mass is 10.1. The Morgan fingerprint density at radius 2 is 2.62 bits per heavy atom. The molecule has 5 nitrogen and oxygen atoms in total. The van der Waals surface area contributed by atoms with Gasteiger partial charge in [0.05, 0.1) is 6.20 Å². The van der Waals surface area contributed by atoms with Gasteiger partial charge in [0.25, 0.3) is 0 Å². The molecule has 0 aromatic carbocycles. The lowest BCUT2D eigenvalue weighted by Crippen LogP contribution is -2.29. The van der Waals surface area contributed by atoms with Crippen molar-refractivity contribution >= 4 is 0 Å². The molecule has 2 heterocycles. The molecule has 2 N–H and O–H groups in total. The third-order valence-electron chi connectivity index (χ3n) is 2.40. The number of nitrogens with zero attached hydrogens (tertiary/aromatic N) is 3. The van der Waals surface area contributed by atoms with E-state index in [1.807, 2.05) is 0 Å². The maximum Gasteiger partial charge on any atom is 0.115 e. The highest BCUT2D eigenvalue weighted by molar-refractivity contribution is 5.02. The zero-order valence-corrected chi connectivity index (χ0v) is 7.64. The lowest BCUT2D eigenvalue weighted by molar-refractivity contribution is 0.132. The number of aromatic nitrogens is 3. The van der Waals surface area contributed by atoms with Crippen molar-refractivity contribution in [2.45, 2.75) is 25.0 Å². The van der Waals surface area contributed by atoms with Gasteiger partial charge in [0.2, 0.25) is 0 Å². The summed E-state index contributed by atoms with van der Waals surface area (Å²) in [6.45, 7) is 0.988. The Labute approximate surface area is 76.8 Å². The van der Waals surface area contributed by atoms with Crippen molar-refractivity contribution in [3.63, 3.8) is 0 Å². The van der Waals surface area contributed by atoms with E-state index in [-0.39, 0.29) is 6.04 Å². The Morgan fingerprint density at radius 3 is 3.15 bits per heavy atom. The molecule has 0 aliphatic carbocycles. The molecule has 1 aliphatic heterocycles. The Morgan fingerprint density at radius 1 is 1.77 bits per heavy atom. The largest absolute Gasteiger partial charge is 0.385 e. The first kappa shape index (κ1) is 8.65. The van der Waals surface area contributed by atoms with Crippen LogP contribution in [0.3, 0.4) is 0 Å². The summed E-state index contributed by atoms with van der Waals surface area (Å²) in [6, 6.07) is 0.150. The standard InChI is InChI=1S/C8H14N4O/c1-12-10-5-7(11-12)8(13)6-3-2-4-9-6/h5-6,8-9,13H,2-4H2,1H3. The Hall–Kier alpha value is -0.940. The summed E-state index contributed by atoms with van der Waals surface area (Å²) in [5.41, 5.74) is 0.655. The van der Waals surface area contributed by atoms with Crippen molar-refractivity contribution in [3.05, 3.63) is 11.9 Å². The third kappa shape index (κ3) is 1.71. The molecule has 1 aromatic rings. The van der Waals surface area contributed by atoms with Crippen molar-refractivity contribution < 1.29 is 5.11 Å². The van der Waals surface area contributed by atoms with Crippen LogP contribution in [0.2, 0.25) is 0 Å². The van der Waals surface area contributed by atoms with Gasteiger partial charge < -0.3 is 10.4 Å². The molecule has 13 heavy (non-hydrogen) atoms. The molecule has 0 bridgehead atoms. The van der Waals surface area contributed by atoms with E-state index in [2.05, 4.69) is 15.5 Å². The summed E-state index contributed by atoms with van der Waals surface area (Å²) in [7, 11) is 1.75. The maximum absolute atomic E-state index is 9.86. The van der Waals surface area contributed by atoms with Crippen LogP contribution in [0.25, 0.3) is 0 Å². The van der Waals surface area contributed by atoms with E-state index in [1.165, 1.54) is 4.80 Å². The van der Waals surface area contributed by atoms with E-state index in [0.717, 1.165) is 19.4 Å². The second-order valence-electron chi connectivity index (χ2n) is 3.41. The van der Waals surface area contributed by atoms with E-state index in [4.69, 9.17) is 0 Å². The molecule has 1 aliphatic rings. The molecular weight excluding hydrogens is 168 g/mol. The van der Waals surface area contributed by atoms with Crippen LogP contribution in [-0.4, -0.2) is 32.7 Å². The van der Waals surface area contributed by atoms with Gasteiger partial charge in [-0.2, -0.15) is 15.0 Å². The molecule has 0 spiro atoms. The molecule has 2 rings (SSSR count). The summed E-state index contributed by atoms with van der Waals surface area (Å²) in [5.74, 6) is 0. The zero-order chi connectivity index (χ0) is 9.26. The molecule has 1 aromatic heterocycles. The fourth-order valence-electron chi connectivity index (χ4n) is 1.68. The predicted molar refractivity (Wildman–Crippen MR) is 47.0 cm³/mol. The van der Waals surface area contributed by atoms with Crippen molar-refractivity contribution in [2.75, 3.05) is 6.54 Å². The molecule has 1 saturated heterocycles. The average molecular weight is 182 g/mol. The minimum absolute atomic E-state index is 0.150. The van der Waals surface area contributed by atoms with Crippen LogP contribution in [0.1, 0.15) is 24.6 Å². The van der Waals surface area contributed by atoms with Gasteiger partial charge in [-0.25, -0.2) is 0 Å². The Kier molecular flexibility index (Phi) is 2.28. The molecule has 1 fully saturated rings. The second-order valence-corrected chi connectivity index (χ2v) is 3.41. The lowest BCUT2D eigenvalue weighted by Gasteiger charge is -2.15. The smallest absolute Gasteiger partial charge is 0.115 e. The average Bonchev–Trinajstić information content (AvgIpc) is 2.72. The van der Waals surface area contributed by atoms with Crippen LogP contribution >= 0.6 is 0 Å². The topological polar surface area (TPSA) is 63.0 Å². The summed E-state index contributed by atoms with van der Waals surface area (Å²) < 4.78 is 0. The van der Waals surface area contributed by atoms with Gasteiger partial charge in [0.1, 0.15) is 11.8 Å². The van der Waals surface area contributed by atoms with Crippen LogP contribution in [-0.2, 0) is 7.05 Å². The van der Waals surface area contributed by atoms with Gasteiger partial charge in [-0.1, -0.05) is 0 Å². The van der Waals surface area contributed by atoms with Crippen molar-refractivity contribution in [3.8, 4) is 0 Å². The molecule has 0 amide bonds. The normalized spacial score (nSPS) is 24.9. The van der Waals surface area contributed by atoms with Crippen LogP contribution < -0.4 is 5.32 Å². The van der Waals surface area contributed by atoms with Gasteiger partial charge >= 0.3 is 0 Å². The fourth-order valence-corrected chi connectivity index (χ4v) is 1.68. The first-order chi connectivity index (χ1) is 6.27. The monoisotopic (exact) mass is 182 g/mol. The quantitative estimate of drug-likeness (QED) is 0.653. The number of nitrogens with one attached hydrogen (secondary N) is 1. The van der Waals surface area contributed by atoms with Gasteiger partial charge in [-0.3, -0.25) is 0 Å². The molecular formula is C8H14N4O. The minimum Gasteiger partial charge on any atom is -0.385 e. The highest BCUT2D eigenvalue weighted by Gasteiger charge is 2.25. The highest BCUT2D eigenvalue weighted by Crippen LogP contribution is 2.20. The summed E-state index contributed by atoms with van der Waals surface area (Å²) >= 11 is 0. The highest BCUT2D eigenvalue weighted by atomic mass is 16.3. The number of aliphatic hydroxyl groups excluding tert-OH is 1. The van der Waals surface area contributed by atoms with Gasteiger partial charge in [-0.15, -0.1) is 0 Å². The van der Waals surface area contributed by atoms with Crippen LogP contribution in [0.4, 0.5) is 0 Å². The molecule has 2 atom stereocenters. The summed E-state index contributed by atoms with van der Waals surface area (Å²) in [6.07, 6.45) is 3.24. The van der Waals surface area contributed by atoms with Gasteiger partial charge in [0, 0.05) is 13.1 Å². The van der Waals surface area contributed by atoms with Crippen molar-refractivity contribution in [1.29, 1.82) is 0 Å². The van der Waals surface area contributed by atoms with Gasteiger partial charge in [0.15, 0.2) is 0 Å². The number of hydrogen-bond donors (Lipinski definition) is 2. The number of aryl methyl sites for hydroxylation is 1. The zero-order valence-electron chi connectivity index (χ0n) is 7.64. The summed E-state index contributed by atoms with van der Waals surface area (Å²) in [5, 5.41) is 21.1. The van der Waals surface area contributed by atoms with Crippen molar-refractivity contribution in [2.24, 2.45) is 7.05 Å². The molecule has 0 radical (unpaired) electrons. The van der Waals surface area contributed by atoms with Crippen molar-refractivity contribution in [1.82, 2.24) is 20.3 Å². The van der Waals surface area contributed by atoms with Crippen LogP contribution in [0.15, 0.2) is 6.20 Å². The fraction of sp³-hybridized carbons (Fsp3) is 0.750. The first-order valence-corrected chi connectivity index (χ1v) is 4.55. The van der Waals surface area contributed by atoms with E-state index in [9.17, 15) is 5.11 Å².